The molecule has 5 rings (SSSR count). The van der Waals surface area contributed by atoms with Crippen molar-refractivity contribution in [2.24, 2.45) is 5.92 Å². The zero-order valence-corrected chi connectivity index (χ0v) is 21.2. The average molecular weight is 502 g/mol. The predicted octanol–water partition coefficient (Wildman–Crippen LogP) is 5.06. The maximum absolute atomic E-state index is 12.9. The number of thiazole rings is 1. The molecule has 2 aromatic heterocycles. The van der Waals surface area contributed by atoms with Crippen LogP contribution in [0.5, 0.6) is 0 Å². The Balaban J connectivity index is 1.09. The molecule has 1 amide bonds. The normalized spacial score (nSPS) is 18.5. The Morgan fingerprint density at radius 2 is 2.03 bits per heavy atom. The van der Waals surface area contributed by atoms with Crippen LogP contribution in [0.25, 0.3) is 10.2 Å². The number of nitrogens with zero attached hydrogens (tertiary/aromatic N) is 2. The molecule has 3 N–H and O–H groups in total. The minimum Gasteiger partial charge on any atom is -0.347 e. The van der Waals surface area contributed by atoms with Gasteiger partial charge in [-0.25, -0.2) is 4.98 Å². The van der Waals surface area contributed by atoms with Crippen LogP contribution in [0.1, 0.15) is 41.9 Å². The van der Waals surface area contributed by atoms with Crippen LogP contribution in [0.2, 0.25) is 0 Å². The fourth-order valence-electron chi connectivity index (χ4n) is 4.60. The molecular formula is C24H31N5OS3. The van der Waals surface area contributed by atoms with Crippen molar-refractivity contribution >= 4 is 56.4 Å². The standard InChI is InChI=1S/C24H31N5OS3/c30-23(26-18-8-13-29(14-9-18)12-7-17-5-10-25-11-6-17)24-27-20-4-3-19(16-21(20)32-24)28-33-22-2-1-15-31-22/h1-4,15-18,25,28H,5-14H2,(H,26,30). The first-order chi connectivity index (χ1) is 16.2. The van der Waals surface area contributed by atoms with Crippen LogP contribution in [-0.2, 0) is 0 Å². The molecule has 2 aliphatic heterocycles. The summed E-state index contributed by atoms with van der Waals surface area (Å²) < 4.78 is 5.63. The lowest BCUT2D eigenvalue weighted by Gasteiger charge is -2.33. The van der Waals surface area contributed by atoms with E-state index in [1.165, 1.54) is 54.4 Å². The van der Waals surface area contributed by atoms with Gasteiger partial charge in [0, 0.05) is 24.8 Å². The van der Waals surface area contributed by atoms with Gasteiger partial charge >= 0.3 is 0 Å². The number of nitrogens with one attached hydrogen (secondary N) is 3. The fraction of sp³-hybridized carbons (Fsp3) is 0.500. The molecule has 0 radical (unpaired) electrons. The third kappa shape index (κ3) is 6.27. The Morgan fingerprint density at radius 3 is 2.82 bits per heavy atom. The number of piperidine rings is 2. The van der Waals surface area contributed by atoms with Crippen molar-refractivity contribution in [3.05, 3.63) is 40.7 Å². The third-order valence-electron chi connectivity index (χ3n) is 6.58. The van der Waals surface area contributed by atoms with Gasteiger partial charge in [0.1, 0.15) is 0 Å². The van der Waals surface area contributed by atoms with Gasteiger partial charge in [-0.15, -0.1) is 22.7 Å². The summed E-state index contributed by atoms with van der Waals surface area (Å²) in [6, 6.07) is 10.5. The molecule has 2 saturated heterocycles. The van der Waals surface area contributed by atoms with Gasteiger partial charge in [-0.2, -0.15) is 0 Å². The molecule has 0 atom stereocenters. The van der Waals surface area contributed by atoms with E-state index >= 15 is 0 Å². The van der Waals surface area contributed by atoms with Gasteiger partial charge in [-0.1, -0.05) is 6.07 Å². The highest BCUT2D eigenvalue weighted by molar-refractivity contribution is 8.02. The van der Waals surface area contributed by atoms with Gasteiger partial charge in [-0.05, 0) is 99.2 Å². The van der Waals surface area contributed by atoms with Crippen LogP contribution in [-0.4, -0.2) is 54.6 Å². The number of anilines is 1. The molecule has 33 heavy (non-hydrogen) atoms. The lowest BCUT2D eigenvalue weighted by Crippen LogP contribution is -2.45. The molecule has 2 aliphatic rings. The number of aromatic nitrogens is 1. The zero-order chi connectivity index (χ0) is 22.5. The number of rotatable bonds is 8. The second-order valence-corrected chi connectivity index (χ2v) is 12.0. The summed E-state index contributed by atoms with van der Waals surface area (Å²) in [5, 5.41) is 9.31. The zero-order valence-electron chi connectivity index (χ0n) is 18.7. The van der Waals surface area contributed by atoms with E-state index in [0.717, 1.165) is 47.8 Å². The quantitative estimate of drug-likeness (QED) is 0.375. The maximum atomic E-state index is 12.9. The second-order valence-electron chi connectivity index (χ2n) is 8.91. The van der Waals surface area contributed by atoms with Crippen LogP contribution >= 0.6 is 34.6 Å². The number of benzene rings is 1. The SMILES string of the molecule is O=C(NC1CCN(CCC2CCNCC2)CC1)c1nc2ccc(NSc3cccs3)cc2s1. The predicted molar refractivity (Wildman–Crippen MR) is 141 cm³/mol. The number of hydrogen-bond acceptors (Lipinski definition) is 8. The van der Waals surface area contributed by atoms with E-state index in [1.807, 2.05) is 18.2 Å². The summed E-state index contributed by atoms with van der Waals surface area (Å²) in [4.78, 5) is 20.0. The van der Waals surface area contributed by atoms with Gasteiger partial charge in [0.15, 0.2) is 5.01 Å². The molecular weight excluding hydrogens is 470 g/mol. The summed E-state index contributed by atoms with van der Waals surface area (Å²) >= 11 is 4.79. The van der Waals surface area contributed by atoms with Crippen molar-refractivity contribution in [2.45, 2.75) is 42.4 Å². The maximum Gasteiger partial charge on any atom is 0.280 e. The first kappa shape index (κ1) is 23.1. The van der Waals surface area contributed by atoms with E-state index in [1.54, 1.807) is 23.3 Å². The molecule has 6 nitrogen and oxygen atoms in total. The Kier molecular flexibility index (Phi) is 7.83. The summed E-state index contributed by atoms with van der Waals surface area (Å²) in [5.74, 6) is 0.847. The van der Waals surface area contributed by atoms with Gasteiger partial charge in [0.2, 0.25) is 0 Å². The molecule has 0 aliphatic carbocycles. The number of carbonyl (C=O) groups is 1. The summed E-state index contributed by atoms with van der Waals surface area (Å²) in [6.45, 7) is 5.71. The van der Waals surface area contributed by atoms with Crippen molar-refractivity contribution in [3.63, 3.8) is 0 Å². The molecule has 0 unspecified atom stereocenters. The second kappa shape index (κ2) is 11.2. The average Bonchev–Trinajstić information content (AvgIpc) is 3.52. The lowest BCUT2D eigenvalue weighted by atomic mass is 9.94. The first-order valence-corrected chi connectivity index (χ1v) is 14.3. The Hall–Kier alpha value is -1.65. The molecule has 0 saturated carbocycles. The molecule has 4 heterocycles. The van der Waals surface area contributed by atoms with Gasteiger partial charge in [0.25, 0.3) is 5.91 Å². The van der Waals surface area contributed by atoms with Crippen LogP contribution in [0.3, 0.4) is 0 Å². The van der Waals surface area contributed by atoms with E-state index in [-0.39, 0.29) is 11.9 Å². The number of amides is 1. The molecule has 1 aromatic carbocycles. The highest BCUT2D eigenvalue weighted by atomic mass is 32.2. The monoisotopic (exact) mass is 501 g/mol. The van der Waals surface area contributed by atoms with E-state index < -0.39 is 0 Å². The third-order valence-corrected chi connectivity index (χ3v) is 9.47. The van der Waals surface area contributed by atoms with Gasteiger partial charge < -0.3 is 20.3 Å². The fourth-order valence-corrected chi connectivity index (χ4v) is 6.93. The van der Waals surface area contributed by atoms with Crippen molar-refractivity contribution in [1.29, 1.82) is 0 Å². The van der Waals surface area contributed by atoms with E-state index in [2.05, 4.69) is 42.8 Å². The van der Waals surface area contributed by atoms with Crippen molar-refractivity contribution in [1.82, 2.24) is 20.5 Å². The Labute approximate surface area is 207 Å². The largest absolute Gasteiger partial charge is 0.347 e. The summed E-state index contributed by atoms with van der Waals surface area (Å²) in [6.07, 6.45) is 6.00. The molecule has 0 bridgehead atoms. The first-order valence-electron chi connectivity index (χ1n) is 11.8. The number of likely N-dealkylation sites (tertiary alicyclic amines) is 1. The van der Waals surface area contributed by atoms with Crippen molar-refractivity contribution in [3.8, 4) is 0 Å². The van der Waals surface area contributed by atoms with E-state index in [9.17, 15) is 4.79 Å². The van der Waals surface area contributed by atoms with Crippen LogP contribution in [0.15, 0.2) is 39.9 Å². The number of thiophene rings is 1. The molecule has 2 fully saturated rings. The molecule has 0 spiro atoms. The van der Waals surface area contributed by atoms with E-state index in [0.29, 0.717) is 5.01 Å². The lowest BCUT2D eigenvalue weighted by molar-refractivity contribution is 0.0908. The van der Waals surface area contributed by atoms with Crippen molar-refractivity contribution in [2.75, 3.05) is 37.4 Å². The van der Waals surface area contributed by atoms with Gasteiger partial charge in [-0.3, -0.25) is 4.79 Å². The van der Waals surface area contributed by atoms with E-state index in [4.69, 9.17) is 0 Å². The number of carbonyl (C=O) groups excluding carboxylic acids is 1. The summed E-state index contributed by atoms with van der Waals surface area (Å²) in [7, 11) is 0. The van der Waals surface area contributed by atoms with Crippen LogP contribution in [0.4, 0.5) is 5.69 Å². The Morgan fingerprint density at radius 1 is 1.18 bits per heavy atom. The summed E-state index contributed by atoms with van der Waals surface area (Å²) in [5.41, 5.74) is 1.90. The van der Waals surface area contributed by atoms with Crippen LogP contribution < -0.4 is 15.4 Å². The van der Waals surface area contributed by atoms with Gasteiger partial charge in [0.05, 0.1) is 14.4 Å². The smallest absolute Gasteiger partial charge is 0.280 e. The van der Waals surface area contributed by atoms with Crippen LogP contribution in [0, 0.1) is 5.92 Å². The number of fused-ring (bicyclic) bond motifs is 1. The highest BCUT2D eigenvalue weighted by Crippen LogP contribution is 2.30. The highest BCUT2D eigenvalue weighted by Gasteiger charge is 2.23. The molecule has 3 aromatic rings. The number of hydrogen-bond donors (Lipinski definition) is 3. The van der Waals surface area contributed by atoms with Crippen molar-refractivity contribution < 1.29 is 4.79 Å². The molecule has 9 heteroatoms. The minimum atomic E-state index is -0.0353. The molecule has 176 valence electrons. The Bertz CT molecular complexity index is 1040. The minimum absolute atomic E-state index is 0.0353. The topological polar surface area (TPSA) is 69.3 Å².